The number of benzene rings is 1. The van der Waals surface area contributed by atoms with E-state index in [9.17, 15) is 5.11 Å². The molecule has 2 nitrogen and oxygen atoms in total. The van der Waals surface area contributed by atoms with Crippen LogP contribution in [0.25, 0.3) is 0 Å². The number of hydrogen-bond acceptors (Lipinski definition) is 2. The average Bonchev–Trinajstić information content (AvgIpc) is 2.74. The molecule has 0 aliphatic rings. The first-order valence-corrected chi connectivity index (χ1v) is 5.99. The summed E-state index contributed by atoms with van der Waals surface area (Å²) in [6, 6.07) is 8.98. The summed E-state index contributed by atoms with van der Waals surface area (Å²) in [5, 5.41) is 10.7. The molecule has 2 aromatic rings. The van der Waals surface area contributed by atoms with E-state index in [1.807, 2.05) is 12.1 Å². The Hall–Kier alpha value is -0.770. The molecule has 0 amide bonds. The zero-order valence-corrected chi connectivity index (χ0v) is 10.7. The Morgan fingerprint density at radius 2 is 2.19 bits per heavy atom. The van der Waals surface area contributed by atoms with Gasteiger partial charge in [-0.15, -0.1) is 0 Å². The summed E-state index contributed by atoms with van der Waals surface area (Å²) < 4.78 is 6.03. The second kappa shape index (κ2) is 5.04. The molecule has 4 heteroatoms. The van der Waals surface area contributed by atoms with Gasteiger partial charge in [-0.1, -0.05) is 27.5 Å². The van der Waals surface area contributed by atoms with Crippen molar-refractivity contribution in [1.82, 2.24) is 0 Å². The van der Waals surface area contributed by atoms with E-state index in [1.54, 1.807) is 24.5 Å². The highest BCUT2D eigenvalue weighted by Crippen LogP contribution is 2.28. The van der Waals surface area contributed by atoms with Gasteiger partial charge in [-0.3, -0.25) is 0 Å². The smallest absolute Gasteiger partial charge is 0.106 e. The lowest BCUT2D eigenvalue weighted by molar-refractivity contribution is 0.170. The van der Waals surface area contributed by atoms with E-state index in [-0.39, 0.29) is 0 Å². The van der Waals surface area contributed by atoms with Gasteiger partial charge in [0.15, 0.2) is 0 Å². The maximum Gasteiger partial charge on any atom is 0.106 e. The van der Waals surface area contributed by atoms with Gasteiger partial charge in [0.05, 0.1) is 12.4 Å². The third kappa shape index (κ3) is 2.67. The van der Waals surface area contributed by atoms with E-state index >= 15 is 0 Å². The van der Waals surface area contributed by atoms with Crippen LogP contribution in [-0.2, 0) is 6.42 Å². The van der Waals surface area contributed by atoms with Crippen LogP contribution < -0.4 is 0 Å². The van der Waals surface area contributed by atoms with Crippen molar-refractivity contribution in [3.63, 3.8) is 0 Å². The number of rotatable bonds is 3. The molecule has 84 valence electrons. The molecule has 0 saturated carbocycles. The molecule has 16 heavy (non-hydrogen) atoms. The Balaban J connectivity index is 2.20. The van der Waals surface area contributed by atoms with Crippen LogP contribution in [0.1, 0.15) is 17.4 Å². The highest BCUT2D eigenvalue weighted by molar-refractivity contribution is 9.10. The van der Waals surface area contributed by atoms with Crippen LogP contribution >= 0.6 is 27.5 Å². The van der Waals surface area contributed by atoms with Crippen molar-refractivity contribution in [1.29, 1.82) is 0 Å². The fraction of sp³-hybridized carbons (Fsp3) is 0.167. The second-order valence-corrected chi connectivity index (χ2v) is 4.76. The minimum Gasteiger partial charge on any atom is -0.469 e. The Bertz CT molecular complexity index is 468. The topological polar surface area (TPSA) is 33.4 Å². The van der Waals surface area contributed by atoms with E-state index < -0.39 is 6.10 Å². The van der Waals surface area contributed by atoms with E-state index in [2.05, 4.69) is 15.9 Å². The Morgan fingerprint density at radius 1 is 1.38 bits per heavy atom. The van der Waals surface area contributed by atoms with Gasteiger partial charge < -0.3 is 9.52 Å². The minimum absolute atomic E-state index is 0.436. The predicted molar refractivity (Wildman–Crippen MR) is 66.5 cm³/mol. The van der Waals surface area contributed by atoms with Crippen molar-refractivity contribution in [3.8, 4) is 0 Å². The van der Waals surface area contributed by atoms with Gasteiger partial charge >= 0.3 is 0 Å². The second-order valence-electron chi connectivity index (χ2n) is 3.47. The molecular weight excluding hydrogens is 291 g/mol. The lowest BCUT2D eigenvalue weighted by atomic mass is 10.1. The molecule has 0 radical (unpaired) electrons. The standard InChI is InChI=1S/C12H10BrClO2/c13-11-4-3-8(14)6-10(11)12(15)7-9-2-1-5-16-9/h1-6,12,15H,7H2. The van der Waals surface area contributed by atoms with Crippen LogP contribution in [0, 0.1) is 0 Å². The number of hydrogen-bond donors (Lipinski definition) is 1. The minimum atomic E-state index is -0.626. The maximum absolute atomic E-state index is 10.0. The largest absolute Gasteiger partial charge is 0.469 e. The average molecular weight is 302 g/mol. The summed E-state index contributed by atoms with van der Waals surface area (Å²) in [5.74, 6) is 0.749. The molecule has 1 unspecified atom stereocenters. The first-order chi connectivity index (χ1) is 7.66. The van der Waals surface area contributed by atoms with Crippen LogP contribution in [-0.4, -0.2) is 5.11 Å². The fourth-order valence-electron chi connectivity index (χ4n) is 1.50. The molecule has 1 heterocycles. The Labute approximate surface area is 107 Å². The lowest BCUT2D eigenvalue weighted by Gasteiger charge is -2.11. The molecule has 0 spiro atoms. The summed E-state index contributed by atoms with van der Waals surface area (Å²) in [7, 11) is 0. The van der Waals surface area contributed by atoms with Crippen LogP contribution in [0.3, 0.4) is 0 Å². The van der Waals surface area contributed by atoms with Gasteiger partial charge in [0, 0.05) is 15.9 Å². The lowest BCUT2D eigenvalue weighted by Crippen LogP contribution is -2.02. The molecule has 0 aliphatic heterocycles. The van der Waals surface area contributed by atoms with E-state index in [0.717, 1.165) is 15.8 Å². The van der Waals surface area contributed by atoms with Crippen molar-refractivity contribution in [3.05, 3.63) is 57.4 Å². The number of aliphatic hydroxyl groups excluding tert-OH is 1. The maximum atomic E-state index is 10.0. The molecule has 1 aromatic heterocycles. The zero-order valence-electron chi connectivity index (χ0n) is 8.36. The van der Waals surface area contributed by atoms with Crippen LogP contribution in [0.5, 0.6) is 0 Å². The summed E-state index contributed by atoms with van der Waals surface area (Å²) >= 11 is 9.27. The molecule has 0 fully saturated rings. The summed E-state index contributed by atoms with van der Waals surface area (Å²) in [5.41, 5.74) is 0.768. The van der Waals surface area contributed by atoms with Crippen molar-refractivity contribution >= 4 is 27.5 Å². The quantitative estimate of drug-likeness (QED) is 0.930. The SMILES string of the molecule is OC(Cc1ccco1)c1cc(Cl)ccc1Br. The van der Waals surface area contributed by atoms with Gasteiger partial charge in [0.25, 0.3) is 0 Å². The molecule has 2 rings (SSSR count). The monoisotopic (exact) mass is 300 g/mol. The third-order valence-corrected chi connectivity index (χ3v) is 3.25. The van der Waals surface area contributed by atoms with Gasteiger partial charge in [-0.05, 0) is 35.9 Å². The number of furan rings is 1. The first kappa shape index (κ1) is 11.7. The molecule has 1 atom stereocenters. The van der Waals surface area contributed by atoms with Crippen LogP contribution in [0.15, 0.2) is 45.5 Å². The van der Waals surface area contributed by atoms with Crippen LogP contribution in [0.4, 0.5) is 0 Å². The zero-order chi connectivity index (χ0) is 11.5. The highest BCUT2D eigenvalue weighted by Gasteiger charge is 2.13. The summed E-state index contributed by atoms with van der Waals surface area (Å²) in [6.07, 6.45) is 1.40. The molecule has 1 N–H and O–H groups in total. The first-order valence-electron chi connectivity index (χ1n) is 4.82. The fourth-order valence-corrected chi connectivity index (χ4v) is 2.19. The van der Waals surface area contributed by atoms with Gasteiger partial charge in [0.2, 0.25) is 0 Å². The van der Waals surface area contributed by atoms with Crippen LogP contribution in [0.2, 0.25) is 5.02 Å². The number of aliphatic hydroxyl groups is 1. The predicted octanol–water partition coefficient (Wildman–Crippen LogP) is 3.97. The molecular formula is C12H10BrClO2. The molecule has 1 aromatic carbocycles. The Morgan fingerprint density at radius 3 is 2.88 bits per heavy atom. The summed E-state index contributed by atoms with van der Waals surface area (Å²) in [4.78, 5) is 0. The molecule has 0 saturated heterocycles. The van der Waals surface area contributed by atoms with Crippen molar-refractivity contribution in [2.24, 2.45) is 0 Å². The third-order valence-electron chi connectivity index (χ3n) is 2.29. The molecule has 0 bridgehead atoms. The van der Waals surface area contributed by atoms with Crippen molar-refractivity contribution in [2.45, 2.75) is 12.5 Å². The summed E-state index contributed by atoms with van der Waals surface area (Å²) in [6.45, 7) is 0. The van der Waals surface area contributed by atoms with E-state index in [4.69, 9.17) is 16.0 Å². The molecule has 0 aliphatic carbocycles. The van der Waals surface area contributed by atoms with Gasteiger partial charge in [-0.25, -0.2) is 0 Å². The highest BCUT2D eigenvalue weighted by atomic mass is 79.9. The van der Waals surface area contributed by atoms with Gasteiger partial charge in [0.1, 0.15) is 5.76 Å². The van der Waals surface area contributed by atoms with Crippen molar-refractivity contribution < 1.29 is 9.52 Å². The van der Waals surface area contributed by atoms with Gasteiger partial charge in [-0.2, -0.15) is 0 Å². The van der Waals surface area contributed by atoms with Crippen molar-refractivity contribution in [2.75, 3.05) is 0 Å². The Kier molecular flexibility index (Phi) is 3.69. The number of halogens is 2. The van der Waals surface area contributed by atoms with E-state index in [0.29, 0.717) is 11.4 Å². The van der Waals surface area contributed by atoms with E-state index in [1.165, 1.54) is 0 Å². The normalized spacial score (nSPS) is 12.7.